The number of hydrogen-bond donors (Lipinski definition) is 1. The second kappa shape index (κ2) is 10.6. The van der Waals surface area contributed by atoms with Gasteiger partial charge in [-0.1, -0.05) is 32.9 Å². The molecule has 0 atom stereocenters. The number of hydrogen-bond acceptors (Lipinski definition) is 6. The molecule has 34 heavy (non-hydrogen) atoms. The number of nitro groups is 1. The summed E-state index contributed by atoms with van der Waals surface area (Å²) < 4.78 is 11.2. The highest BCUT2D eigenvalue weighted by molar-refractivity contribution is 5.95. The quantitative estimate of drug-likeness (QED) is 0.281. The lowest BCUT2D eigenvalue weighted by atomic mass is 9.87. The molecule has 1 amide bonds. The Morgan fingerprint density at radius 2 is 1.71 bits per heavy atom. The molecule has 0 aliphatic rings. The van der Waals surface area contributed by atoms with E-state index in [9.17, 15) is 14.9 Å². The number of nitrogens with zero attached hydrogens (tertiary/aromatic N) is 2. The molecule has 0 aliphatic carbocycles. The van der Waals surface area contributed by atoms with Gasteiger partial charge in [0, 0.05) is 17.7 Å². The second-order valence-electron chi connectivity index (χ2n) is 8.65. The van der Waals surface area contributed by atoms with Crippen molar-refractivity contribution in [2.45, 2.75) is 32.8 Å². The molecule has 3 rings (SSSR count). The molecule has 0 bridgehead atoms. The van der Waals surface area contributed by atoms with Gasteiger partial charge in [0.1, 0.15) is 6.61 Å². The summed E-state index contributed by atoms with van der Waals surface area (Å²) >= 11 is 0. The van der Waals surface area contributed by atoms with Gasteiger partial charge in [0.15, 0.2) is 11.5 Å². The van der Waals surface area contributed by atoms with Crippen molar-refractivity contribution in [2.24, 2.45) is 5.10 Å². The van der Waals surface area contributed by atoms with Gasteiger partial charge in [-0.2, -0.15) is 5.10 Å². The van der Waals surface area contributed by atoms with Crippen LogP contribution in [0.15, 0.2) is 71.8 Å². The number of non-ortho nitro benzene ring substituents is 1. The molecule has 3 aromatic rings. The first-order valence-corrected chi connectivity index (χ1v) is 10.7. The highest BCUT2D eigenvalue weighted by Crippen LogP contribution is 2.28. The number of carbonyl (C=O) groups excluding carboxylic acids is 1. The van der Waals surface area contributed by atoms with E-state index in [0.29, 0.717) is 22.6 Å². The van der Waals surface area contributed by atoms with Crippen LogP contribution < -0.4 is 14.9 Å². The molecule has 0 unspecified atom stereocenters. The summed E-state index contributed by atoms with van der Waals surface area (Å²) in [4.78, 5) is 22.7. The summed E-state index contributed by atoms with van der Waals surface area (Å²) in [5.41, 5.74) is 5.75. The molecule has 0 heterocycles. The lowest BCUT2D eigenvalue weighted by Crippen LogP contribution is -2.18. The van der Waals surface area contributed by atoms with Crippen LogP contribution in [0.25, 0.3) is 0 Å². The van der Waals surface area contributed by atoms with Crippen LogP contribution >= 0.6 is 0 Å². The molecular formula is C26H27N3O5. The standard InChI is InChI=1S/C26H27N3O5/c1-26(2,3)21-10-8-20(9-11-21)25(30)28-27-16-19-7-14-23(24(15-19)33-4)34-17-18-5-12-22(13-6-18)29(31)32/h5-16H,17H2,1-4H3,(H,28,30)/b27-16-. The Balaban J connectivity index is 1.60. The van der Waals surface area contributed by atoms with Crippen LogP contribution in [0.5, 0.6) is 11.5 Å². The minimum atomic E-state index is -0.445. The third-order valence-electron chi connectivity index (χ3n) is 5.12. The first-order chi connectivity index (χ1) is 16.2. The summed E-state index contributed by atoms with van der Waals surface area (Å²) in [7, 11) is 1.53. The Labute approximate surface area is 198 Å². The van der Waals surface area contributed by atoms with Crippen LogP contribution in [-0.4, -0.2) is 24.2 Å². The average Bonchev–Trinajstić information content (AvgIpc) is 2.82. The summed E-state index contributed by atoms with van der Waals surface area (Å²) in [6.45, 7) is 6.58. The van der Waals surface area contributed by atoms with Crippen molar-refractivity contribution in [2.75, 3.05) is 7.11 Å². The number of nitrogens with one attached hydrogen (secondary N) is 1. The maximum absolute atomic E-state index is 12.3. The Hall–Kier alpha value is -4.20. The summed E-state index contributed by atoms with van der Waals surface area (Å²) in [6, 6.07) is 18.9. The molecule has 8 nitrogen and oxygen atoms in total. The van der Waals surface area contributed by atoms with Crippen molar-refractivity contribution in [3.8, 4) is 11.5 Å². The van der Waals surface area contributed by atoms with E-state index >= 15 is 0 Å². The number of benzene rings is 3. The molecule has 0 saturated carbocycles. The minimum absolute atomic E-state index is 0.0178. The molecule has 8 heteroatoms. The minimum Gasteiger partial charge on any atom is -0.493 e. The van der Waals surface area contributed by atoms with Gasteiger partial charge in [-0.25, -0.2) is 5.43 Å². The van der Waals surface area contributed by atoms with Crippen molar-refractivity contribution in [1.29, 1.82) is 0 Å². The first-order valence-electron chi connectivity index (χ1n) is 10.7. The lowest BCUT2D eigenvalue weighted by molar-refractivity contribution is -0.384. The maximum Gasteiger partial charge on any atom is 0.271 e. The Morgan fingerprint density at radius 1 is 1.03 bits per heavy atom. The van der Waals surface area contributed by atoms with Crippen LogP contribution in [-0.2, 0) is 12.0 Å². The Kier molecular flexibility index (Phi) is 7.63. The zero-order valence-electron chi connectivity index (χ0n) is 19.6. The van der Waals surface area contributed by atoms with Crippen molar-refractivity contribution in [3.05, 3.63) is 99.1 Å². The fraction of sp³-hybridized carbons (Fsp3) is 0.231. The zero-order valence-corrected chi connectivity index (χ0v) is 19.6. The summed E-state index contributed by atoms with van der Waals surface area (Å²) in [6.07, 6.45) is 1.52. The van der Waals surface area contributed by atoms with Gasteiger partial charge in [-0.05, 0) is 64.6 Å². The van der Waals surface area contributed by atoms with Crippen molar-refractivity contribution in [1.82, 2.24) is 5.43 Å². The lowest BCUT2D eigenvalue weighted by Gasteiger charge is -2.18. The maximum atomic E-state index is 12.3. The van der Waals surface area contributed by atoms with E-state index in [-0.39, 0.29) is 23.6 Å². The fourth-order valence-corrected chi connectivity index (χ4v) is 3.11. The van der Waals surface area contributed by atoms with Crippen molar-refractivity contribution < 1.29 is 19.2 Å². The molecule has 3 aromatic carbocycles. The van der Waals surface area contributed by atoms with E-state index in [1.807, 2.05) is 12.1 Å². The molecule has 0 aliphatic heterocycles. The van der Waals surface area contributed by atoms with Crippen LogP contribution in [0.1, 0.15) is 47.8 Å². The van der Waals surface area contributed by atoms with Crippen LogP contribution in [0.4, 0.5) is 5.69 Å². The van der Waals surface area contributed by atoms with Crippen LogP contribution in [0.3, 0.4) is 0 Å². The highest BCUT2D eigenvalue weighted by Gasteiger charge is 2.14. The predicted octanol–water partition coefficient (Wildman–Crippen LogP) is 5.24. The van der Waals surface area contributed by atoms with Gasteiger partial charge in [0.2, 0.25) is 0 Å². The molecule has 0 fully saturated rings. The summed E-state index contributed by atoms with van der Waals surface area (Å²) in [5, 5.41) is 14.8. The van der Waals surface area contributed by atoms with Gasteiger partial charge in [-0.15, -0.1) is 0 Å². The van der Waals surface area contributed by atoms with E-state index in [0.717, 1.165) is 11.1 Å². The molecule has 0 radical (unpaired) electrons. The molecule has 0 spiro atoms. The smallest absolute Gasteiger partial charge is 0.271 e. The third-order valence-corrected chi connectivity index (χ3v) is 5.12. The Bertz CT molecular complexity index is 1180. The second-order valence-corrected chi connectivity index (χ2v) is 8.65. The average molecular weight is 462 g/mol. The number of carbonyl (C=O) groups is 1. The fourth-order valence-electron chi connectivity index (χ4n) is 3.11. The highest BCUT2D eigenvalue weighted by atomic mass is 16.6. The SMILES string of the molecule is COc1cc(/C=N\NC(=O)c2ccc(C(C)(C)C)cc2)ccc1OCc1ccc([N+](=O)[O-])cc1. The normalized spacial score (nSPS) is 11.3. The van der Waals surface area contributed by atoms with Crippen molar-refractivity contribution >= 4 is 17.8 Å². The number of nitro benzene ring substituents is 1. The van der Waals surface area contributed by atoms with Crippen molar-refractivity contribution in [3.63, 3.8) is 0 Å². The molecule has 0 aromatic heterocycles. The zero-order chi connectivity index (χ0) is 24.7. The van der Waals surface area contributed by atoms with Crippen LogP contribution in [0, 0.1) is 10.1 Å². The van der Waals surface area contributed by atoms with Gasteiger partial charge in [0.05, 0.1) is 18.2 Å². The first kappa shape index (κ1) is 24.4. The number of hydrazone groups is 1. The third kappa shape index (κ3) is 6.41. The van der Waals surface area contributed by atoms with E-state index in [1.165, 1.54) is 25.5 Å². The van der Waals surface area contributed by atoms with E-state index < -0.39 is 4.92 Å². The largest absolute Gasteiger partial charge is 0.493 e. The predicted molar refractivity (Wildman–Crippen MR) is 131 cm³/mol. The Morgan fingerprint density at radius 3 is 2.29 bits per heavy atom. The number of amides is 1. The molecule has 0 saturated heterocycles. The summed E-state index contributed by atoms with van der Waals surface area (Å²) in [5.74, 6) is 0.711. The molecular weight excluding hydrogens is 434 g/mol. The van der Waals surface area contributed by atoms with Gasteiger partial charge in [0.25, 0.3) is 11.6 Å². The molecule has 1 N–H and O–H groups in total. The van der Waals surface area contributed by atoms with Crippen LogP contribution in [0.2, 0.25) is 0 Å². The molecule has 176 valence electrons. The van der Waals surface area contributed by atoms with Gasteiger partial charge < -0.3 is 9.47 Å². The monoisotopic (exact) mass is 461 g/mol. The number of methoxy groups -OCH3 is 1. The number of ether oxygens (including phenoxy) is 2. The van der Waals surface area contributed by atoms with Gasteiger partial charge >= 0.3 is 0 Å². The van der Waals surface area contributed by atoms with E-state index in [2.05, 4.69) is 31.3 Å². The van der Waals surface area contributed by atoms with Gasteiger partial charge in [-0.3, -0.25) is 14.9 Å². The van der Waals surface area contributed by atoms with E-state index in [4.69, 9.17) is 9.47 Å². The topological polar surface area (TPSA) is 103 Å². The number of rotatable bonds is 8. The van der Waals surface area contributed by atoms with E-state index in [1.54, 1.807) is 42.5 Å².